The largest absolute Gasteiger partial charge is 0.495 e. The van der Waals surface area contributed by atoms with Crippen molar-refractivity contribution >= 4 is 34.5 Å². The number of aliphatic hydroxyl groups is 1. The van der Waals surface area contributed by atoms with Crippen LogP contribution in [0, 0.1) is 0 Å². The first-order chi connectivity index (χ1) is 9.58. The number of halogens is 2. The van der Waals surface area contributed by atoms with Gasteiger partial charge >= 0.3 is 0 Å². The third-order valence-corrected chi connectivity index (χ3v) is 4.86. The van der Waals surface area contributed by atoms with E-state index in [1.165, 1.54) is 11.3 Å². The van der Waals surface area contributed by atoms with E-state index < -0.39 is 6.10 Å². The van der Waals surface area contributed by atoms with E-state index in [-0.39, 0.29) is 5.92 Å². The molecule has 6 heteroatoms. The van der Waals surface area contributed by atoms with E-state index in [9.17, 15) is 5.11 Å². The Morgan fingerprint density at radius 1 is 1.30 bits per heavy atom. The van der Waals surface area contributed by atoms with E-state index in [2.05, 4.69) is 0 Å². The smallest absolute Gasteiger partial charge is 0.135 e. The van der Waals surface area contributed by atoms with Gasteiger partial charge in [0.2, 0.25) is 0 Å². The minimum absolute atomic E-state index is 0.266. The molecule has 0 aliphatic rings. The number of aliphatic hydroxyl groups excluding tert-OH is 1. The molecule has 0 fully saturated rings. The van der Waals surface area contributed by atoms with Crippen molar-refractivity contribution in [2.45, 2.75) is 12.0 Å². The molecule has 0 bridgehead atoms. The molecule has 0 saturated carbocycles. The molecule has 0 aliphatic heterocycles. The van der Waals surface area contributed by atoms with Crippen LogP contribution in [0.4, 0.5) is 0 Å². The molecule has 0 amide bonds. The van der Waals surface area contributed by atoms with E-state index in [0.29, 0.717) is 22.3 Å². The number of hydrogen-bond acceptors (Lipinski definition) is 4. The molecule has 0 spiro atoms. The maximum absolute atomic E-state index is 10.6. The second-order valence-electron chi connectivity index (χ2n) is 4.31. The van der Waals surface area contributed by atoms with Crippen LogP contribution in [0.3, 0.4) is 0 Å². The number of ether oxygens (including phenoxy) is 1. The highest BCUT2D eigenvalue weighted by Crippen LogP contribution is 2.39. The highest BCUT2D eigenvalue weighted by molar-refractivity contribution is 7.10. The lowest BCUT2D eigenvalue weighted by molar-refractivity contribution is 0.148. The van der Waals surface area contributed by atoms with E-state index in [1.54, 1.807) is 19.2 Å². The normalized spacial score (nSPS) is 14.1. The van der Waals surface area contributed by atoms with E-state index in [0.717, 1.165) is 10.4 Å². The molecule has 2 rings (SSSR count). The maximum atomic E-state index is 10.6. The van der Waals surface area contributed by atoms with Crippen molar-refractivity contribution in [3.05, 3.63) is 50.1 Å². The van der Waals surface area contributed by atoms with Crippen LogP contribution in [0.2, 0.25) is 10.0 Å². The third kappa shape index (κ3) is 3.10. The third-order valence-electron chi connectivity index (χ3n) is 3.15. The van der Waals surface area contributed by atoms with Gasteiger partial charge in [-0.3, -0.25) is 0 Å². The second-order valence-corrected chi connectivity index (χ2v) is 6.08. The van der Waals surface area contributed by atoms with Gasteiger partial charge < -0.3 is 15.6 Å². The topological polar surface area (TPSA) is 55.5 Å². The molecule has 1 aromatic heterocycles. The van der Waals surface area contributed by atoms with Gasteiger partial charge in [-0.1, -0.05) is 29.3 Å². The zero-order valence-electron chi connectivity index (χ0n) is 10.8. The second kappa shape index (κ2) is 6.78. The van der Waals surface area contributed by atoms with Crippen LogP contribution < -0.4 is 10.5 Å². The number of rotatable bonds is 5. The molecule has 1 heterocycles. The molecule has 0 saturated heterocycles. The molecule has 2 atom stereocenters. The predicted octanol–water partition coefficient (Wildman–Crippen LogP) is 3.84. The van der Waals surface area contributed by atoms with E-state index in [4.69, 9.17) is 33.7 Å². The SMILES string of the molecule is COc1ccsc1C(O)C(CN)c1ccc(Cl)c(Cl)c1. The molecule has 3 N–H and O–H groups in total. The maximum Gasteiger partial charge on any atom is 0.135 e. The molecule has 1 aromatic carbocycles. The van der Waals surface area contributed by atoms with Gasteiger partial charge in [0, 0.05) is 12.5 Å². The van der Waals surface area contributed by atoms with Gasteiger partial charge in [-0.15, -0.1) is 11.3 Å². The van der Waals surface area contributed by atoms with Crippen molar-refractivity contribution in [1.29, 1.82) is 0 Å². The number of methoxy groups -OCH3 is 1. The first-order valence-corrected chi connectivity index (χ1v) is 7.66. The van der Waals surface area contributed by atoms with Crippen LogP contribution in [0.25, 0.3) is 0 Å². The molecule has 108 valence electrons. The average molecular weight is 332 g/mol. The highest BCUT2D eigenvalue weighted by atomic mass is 35.5. The number of thiophene rings is 1. The van der Waals surface area contributed by atoms with Crippen molar-refractivity contribution in [3.63, 3.8) is 0 Å². The molecule has 2 aromatic rings. The summed E-state index contributed by atoms with van der Waals surface area (Å²) in [6, 6.07) is 7.10. The summed E-state index contributed by atoms with van der Waals surface area (Å²) in [5, 5.41) is 13.4. The lowest BCUT2D eigenvalue weighted by atomic mass is 9.92. The zero-order valence-corrected chi connectivity index (χ0v) is 13.2. The van der Waals surface area contributed by atoms with E-state index in [1.807, 2.05) is 17.5 Å². The molecule has 0 radical (unpaired) electrons. The van der Waals surface area contributed by atoms with Crippen LogP contribution in [0.15, 0.2) is 29.6 Å². The Bertz CT molecular complexity index is 588. The summed E-state index contributed by atoms with van der Waals surface area (Å²) in [6.45, 7) is 0.292. The Kier molecular flexibility index (Phi) is 5.29. The van der Waals surface area contributed by atoms with Crippen LogP contribution in [0.5, 0.6) is 5.75 Å². The number of hydrogen-bond donors (Lipinski definition) is 2. The van der Waals surface area contributed by atoms with E-state index >= 15 is 0 Å². The Morgan fingerprint density at radius 3 is 2.65 bits per heavy atom. The van der Waals surface area contributed by atoms with Gasteiger partial charge in [0.15, 0.2) is 0 Å². The quantitative estimate of drug-likeness (QED) is 0.875. The first-order valence-electron chi connectivity index (χ1n) is 6.03. The molecular formula is C14H15Cl2NO2S. The van der Waals surface area contributed by atoms with Gasteiger partial charge in [-0.25, -0.2) is 0 Å². The van der Waals surface area contributed by atoms with Crippen LogP contribution in [-0.4, -0.2) is 18.8 Å². The Balaban J connectivity index is 2.34. The first kappa shape index (κ1) is 15.6. The number of nitrogens with two attached hydrogens (primary N) is 1. The van der Waals surface area contributed by atoms with Gasteiger partial charge in [-0.2, -0.15) is 0 Å². The fourth-order valence-corrected chi connectivity index (χ4v) is 3.28. The molecule has 0 aliphatic carbocycles. The average Bonchev–Trinajstić information content (AvgIpc) is 2.91. The molecule has 3 nitrogen and oxygen atoms in total. The monoisotopic (exact) mass is 331 g/mol. The summed E-state index contributed by atoms with van der Waals surface area (Å²) in [5.74, 6) is 0.401. The molecule has 2 unspecified atom stereocenters. The summed E-state index contributed by atoms with van der Waals surface area (Å²) in [7, 11) is 1.58. The molecular weight excluding hydrogens is 317 g/mol. The van der Waals surface area contributed by atoms with Crippen molar-refractivity contribution in [1.82, 2.24) is 0 Å². The Labute approximate surface area is 131 Å². The standard InChI is InChI=1S/C14H15Cl2NO2S/c1-19-12-4-5-20-14(12)13(18)9(7-17)8-2-3-10(15)11(16)6-8/h2-6,9,13,18H,7,17H2,1H3. The van der Waals surface area contributed by atoms with Crippen molar-refractivity contribution in [3.8, 4) is 5.75 Å². The summed E-state index contributed by atoms with van der Waals surface area (Å²) in [4.78, 5) is 0.758. The Morgan fingerprint density at radius 2 is 2.05 bits per heavy atom. The minimum Gasteiger partial charge on any atom is -0.495 e. The van der Waals surface area contributed by atoms with Crippen molar-refractivity contribution in [2.24, 2.45) is 5.73 Å². The Hall–Kier alpha value is -0.780. The van der Waals surface area contributed by atoms with Crippen LogP contribution in [0.1, 0.15) is 22.5 Å². The van der Waals surface area contributed by atoms with Crippen LogP contribution >= 0.6 is 34.5 Å². The van der Waals surface area contributed by atoms with Crippen LogP contribution in [-0.2, 0) is 0 Å². The summed E-state index contributed by atoms with van der Waals surface area (Å²) < 4.78 is 5.24. The lowest BCUT2D eigenvalue weighted by Crippen LogP contribution is -2.20. The number of benzene rings is 1. The fourth-order valence-electron chi connectivity index (χ4n) is 2.07. The summed E-state index contributed by atoms with van der Waals surface area (Å²) in [6.07, 6.45) is -0.743. The predicted molar refractivity (Wildman–Crippen MR) is 84.1 cm³/mol. The molecule has 20 heavy (non-hydrogen) atoms. The fraction of sp³-hybridized carbons (Fsp3) is 0.286. The minimum atomic E-state index is -0.743. The summed E-state index contributed by atoms with van der Waals surface area (Å²) >= 11 is 13.4. The van der Waals surface area contributed by atoms with Gasteiger partial charge in [0.05, 0.1) is 28.1 Å². The van der Waals surface area contributed by atoms with Gasteiger partial charge in [-0.05, 0) is 29.1 Å². The zero-order chi connectivity index (χ0) is 14.7. The highest BCUT2D eigenvalue weighted by Gasteiger charge is 2.25. The van der Waals surface area contributed by atoms with Gasteiger partial charge in [0.1, 0.15) is 5.75 Å². The lowest BCUT2D eigenvalue weighted by Gasteiger charge is -2.22. The van der Waals surface area contributed by atoms with Gasteiger partial charge in [0.25, 0.3) is 0 Å². The van der Waals surface area contributed by atoms with Crippen molar-refractivity contribution in [2.75, 3.05) is 13.7 Å². The summed E-state index contributed by atoms with van der Waals surface area (Å²) in [5.41, 5.74) is 6.67. The van der Waals surface area contributed by atoms with Crippen molar-refractivity contribution < 1.29 is 9.84 Å².